The first kappa shape index (κ1) is 15.4. The average molecular weight is 303 g/mol. The molecule has 0 aromatic carbocycles. The van der Waals surface area contributed by atoms with Crippen molar-refractivity contribution in [2.45, 2.75) is 38.3 Å². The molecule has 2 aliphatic rings. The van der Waals surface area contributed by atoms with Crippen LogP contribution in [0.3, 0.4) is 0 Å². The lowest BCUT2D eigenvalue weighted by atomic mass is 9.96. The summed E-state index contributed by atoms with van der Waals surface area (Å²) in [5.41, 5.74) is 1.22. The second-order valence-electron chi connectivity index (χ2n) is 6.33. The van der Waals surface area contributed by atoms with Crippen LogP contribution in [0.1, 0.15) is 31.2 Å². The number of carbonyl (C=O) groups excluding carboxylic acids is 1. The first-order valence-electron chi connectivity index (χ1n) is 8.30. The molecular weight excluding hydrogens is 278 g/mol. The minimum absolute atomic E-state index is 0.119. The van der Waals surface area contributed by atoms with Crippen molar-refractivity contribution >= 4 is 5.91 Å². The van der Waals surface area contributed by atoms with Crippen LogP contribution in [0.5, 0.6) is 0 Å². The van der Waals surface area contributed by atoms with Crippen LogP contribution in [-0.4, -0.2) is 48.1 Å². The number of piperidine rings is 1. The van der Waals surface area contributed by atoms with Crippen LogP contribution in [-0.2, 0) is 16.1 Å². The highest BCUT2D eigenvalue weighted by Crippen LogP contribution is 2.19. The quantitative estimate of drug-likeness (QED) is 0.918. The van der Waals surface area contributed by atoms with Crippen LogP contribution in [0.2, 0.25) is 0 Å². The lowest BCUT2D eigenvalue weighted by Gasteiger charge is -2.33. The minimum Gasteiger partial charge on any atom is -0.381 e. The molecule has 2 saturated heterocycles. The van der Waals surface area contributed by atoms with Crippen molar-refractivity contribution in [2.75, 3.05) is 26.3 Å². The smallest absolute Gasteiger partial charge is 0.224 e. The molecule has 0 bridgehead atoms. The van der Waals surface area contributed by atoms with Gasteiger partial charge in [0.25, 0.3) is 0 Å². The Hall–Kier alpha value is -1.46. The number of amides is 1. The summed E-state index contributed by atoms with van der Waals surface area (Å²) >= 11 is 0. The van der Waals surface area contributed by atoms with E-state index in [-0.39, 0.29) is 11.8 Å². The molecule has 1 unspecified atom stereocenters. The predicted molar refractivity (Wildman–Crippen MR) is 84.2 cm³/mol. The molecule has 1 aromatic heterocycles. The lowest BCUT2D eigenvalue weighted by molar-refractivity contribution is -0.128. The Morgan fingerprint density at radius 2 is 2.23 bits per heavy atom. The molecule has 1 aromatic rings. The Morgan fingerprint density at radius 1 is 1.36 bits per heavy atom. The zero-order valence-electron chi connectivity index (χ0n) is 13.0. The molecule has 5 nitrogen and oxygen atoms in total. The van der Waals surface area contributed by atoms with E-state index in [1.165, 1.54) is 5.56 Å². The largest absolute Gasteiger partial charge is 0.381 e. The normalized spacial score (nSPS) is 24.1. The van der Waals surface area contributed by atoms with Crippen LogP contribution in [0.25, 0.3) is 0 Å². The fraction of sp³-hybridized carbons (Fsp3) is 0.647. The van der Waals surface area contributed by atoms with E-state index in [0.29, 0.717) is 6.04 Å². The topological polar surface area (TPSA) is 54.5 Å². The molecule has 5 heteroatoms. The number of aromatic nitrogens is 1. The first-order valence-corrected chi connectivity index (χ1v) is 8.30. The van der Waals surface area contributed by atoms with Gasteiger partial charge in [0.2, 0.25) is 5.91 Å². The third-order valence-corrected chi connectivity index (χ3v) is 4.57. The van der Waals surface area contributed by atoms with Crippen LogP contribution < -0.4 is 5.32 Å². The van der Waals surface area contributed by atoms with Crippen LogP contribution in [0.4, 0.5) is 0 Å². The summed E-state index contributed by atoms with van der Waals surface area (Å²) in [6.45, 7) is 4.33. The van der Waals surface area contributed by atoms with Crippen LogP contribution in [0.15, 0.2) is 24.5 Å². The van der Waals surface area contributed by atoms with Gasteiger partial charge in [-0.2, -0.15) is 0 Å². The third-order valence-electron chi connectivity index (χ3n) is 4.57. The number of hydrogen-bond acceptors (Lipinski definition) is 4. The number of nitrogens with zero attached hydrogens (tertiary/aromatic N) is 2. The SMILES string of the molecule is O=C(NC1CCOCC1)C1CCCN(Cc2cccnc2)C1. The molecule has 0 saturated carbocycles. The molecule has 1 amide bonds. The first-order chi connectivity index (χ1) is 10.8. The number of likely N-dealkylation sites (tertiary alicyclic amines) is 1. The molecule has 1 N–H and O–H groups in total. The van der Waals surface area contributed by atoms with Gasteiger partial charge < -0.3 is 10.1 Å². The van der Waals surface area contributed by atoms with Crippen molar-refractivity contribution < 1.29 is 9.53 Å². The van der Waals surface area contributed by atoms with Crippen LogP contribution in [0, 0.1) is 5.92 Å². The van der Waals surface area contributed by atoms with Gasteiger partial charge in [0.05, 0.1) is 5.92 Å². The molecule has 120 valence electrons. The number of hydrogen-bond donors (Lipinski definition) is 1. The van der Waals surface area contributed by atoms with Gasteiger partial charge in [0, 0.05) is 44.7 Å². The van der Waals surface area contributed by atoms with Gasteiger partial charge in [-0.05, 0) is 43.9 Å². The van der Waals surface area contributed by atoms with Gasteiger partial charge in [-0.15, -0.1) is 0 Å². The fourth-order valence-corrected chi connectivity index (χ4v) is 3.32. The van der Waals surface area contributed by atoms with Crippen molar-refractivity contribution in [3.8, 4) is 0 Å². The number of nitrogens with one attached hydrogen (secondary N) is 1. The highest BCUT2D eigenvalue weighted by molar-refractivity contribution is 5.79. The zero-order chi connectivity index (χ0) is 15.2. The Labute approximate surface area is 132 Å². The number of ether oxygens (including phenoxy) is 1. The molecule has 2 fully saturated rings. The number of rotatable bonds is 4. The molecule has 3 heterocycles. The fourth-order valence-electron chi connectivity index (χ4n) is 3.32. The summed E-state index contributed by atoms with van der Waals surface area (Å²) < 4.78 is 5.34. The summed E-state index contributed by atoms with van der Waals surface area (Å²) in [6.07, 6.45) is 7.68. The van der Waals surface area contributed by atoms with E-state index >= 15 is 0 Å². The van der Waals surface area contributed by atoms with Gasteiger partial charge in [0.1, 0.15) is 0 Å². The molecule has 0 radical (unpaired) electrons. The summed E-state index contributed by atoms with van der Waals surface area (Å²) in [7, 11) is 0. The lowest BCUT2D eigenvalue weighted by Crippen LogP contribution is -2.47. The van der Waals surface area contributed by atoms with Crippen molar-refractivity contribution in [1.82, 2.24) is 15.2 Å². The maximum absolute atomic E-state index is 12.5. The second-order valence-corrected chi connectivity index (χ2v) is 6.33. The molecule has 2 aliphatic heterocycles. The van der Waals surface area contributed by atoms with E-state index in [2.05, 4.69) is 21.3 Å². The second kappa shape index (κ2) is 7.70. The summed E-state index contributed by atoms with van der Waals surface area (Å²) in [6, 6.07) is 4.36. The van der Waals surface area contributed by atoms with E-state index in [9.17, 15) is 4.79 Å². The van der Waals surface area contributed by atoms with Crippen molar-refractivity contribution in [3.05, 3.63) is 30.1 Å². The predicted octanol–water partition coefficient (Wildman–Crippen LogP) is 1.59. The minimum atomic E-state index is 0.119. The van der Waals surface area contributed by atoms with Gasteiger partial charge in [-0.25, -0.2) is 0 Å². The molecule has 1 atom stereocenters. The van der Waals surface area contributed by atoms with Crippen LogP contribution >= 0.6 is 0 Å². The summed E-state index contributed by atoms with van der Waals surface area (Å²) in [5, 5.41) is 3.22. The maximum Gasteiger partial charge on any atom is 0.224 e. The maximum atomic E-state index is 12.5. The molecule has 22 heavy (non-hydrogen) atoms. The van der Waals surface area contributed by atoms with Gasteiger partial charge in [-0.1, -0.05) is 6.07 Å². The van der Waals surface area contributed by atoms with E-state index in [1.807, 2.05) is 12.3 Å². The monoisotopic (exact) mass is 303 g/mol. The third kappa shape index (κ3) is 4.27. The Balaban J connectivity index is 1.50. The Bertz CT molecular complexity index is 474. The molecule has 3 rings (SSSR count). The van der Waals surface area contributed by atoms with E-state index in [0.717, 1.165) is 58.5 Å². The Morgan fingerprint density at radius 3 is 3.00 bits per heavy atom. The van der Waals surface area contributed by atoms with E-state index < -0.39 is 0 Å². The van der Waals surface area contributed by atoms with Gasteiger partial charge in [0.15, 0.2) is 0 Å². The van der Waals surface area contributed by atoms with Crippen molar-refractivity contribution in [2.24, 2.45) is 5.92 Å². The summed E-state index contributed by atoms with van der Waals surface area (Å²) in [5.74, 6) is 0.344. The van der Waals surface area contributed by atoms with Crippen molar-refractivity contribution in [3.63, 3.8) is 0 Å². The standard InChI is InChI=1S/C17H25N3O2/c21-17(19-16-5-9-22-10-6-16)15-4-2-8-20(13-15)12-14-3-1-7-18-11-14/h1,3,7,11,15-16H,2,4-6,8-10,12-13H2,(H,19,21). The molecular formula is C17H25N3O2. The zero-order valence-corrected chi connectivity index (χ0v) is 13.0. The Kier molecular flexibility index (Phi) is 5.40. The number of pyridine rings is 1. The molecule has 0 aliphatic carbocycles. The molecule has 0 spiro atoms. The average Bonchev–Trinajstić information content (AvgIpc) is 2.57. The van der Waals surface area contributed by atoms with Gasteiger partial charge in [-0.3, -0.25) is 14.7 Å². The highest BCUT2D eigenvalue weighted by atomic mass is 16.5. The van der Waals surface area contributed by atoms with E-state index in [1.54, 1.807) is 6.20 Å². The van der Waals surface area contributed by atoms with Crippen molar-refractivity contribution in [1.29, 1.82) is 0 Å². The van der Waals surface area contributed by atoms with E-state index in [4.69, 9.17) is 4.74 Å². The highest BCUT2D eigenvalue weighted by Gasteiger charge is 2.27. The number of carbonyl (C=O) groups is 1. The van der Waals surface area contributed by atoms with Gasteiger partial charge >= 0.3 is 0 Å². The summed E-state index contributed by atoms with van der Waals surface area (Å²) in [4.78, 5) is 19.0.